The Bertz CT molecular complexity index is 11.7. The van der Waals surface area contributed by atoms with Crippen LogP contribution in [-0.2, 0) is 33.0 Å². The van der Waals surface area contributed by atoms with Gasteiger partial charge in [-0.1, -0.05) is 0 Å². The van der Waals surface area contributed by atoms with Crippen molar-refractivity contribution in [2.24, 2.45) is 0 Å². The Morgan fingerprint density at radius 1 is 0.714 bits per heavy atom. The van der Waals surface area contributed by atoms with Crippen LogP contribution in [0.15, 0.2) is 0 Å². The molecule has 1 nitrogen and oxygen atoms in total. The van der Waals surface area contributed by atoms with Gasteiger partial charge in [-0.25, -0.2) is 0 Å². The minimum absolute atomic E-state index is 0. The van der Waals surface area contributed by atoms with E-state index in [1.807, 2.05) is 0 Å². The Hall–Kier alpha value is 2.50. The van der Waals surface area contributed by atoms with Gasteiger partial charge in [-0.05, 0) is 0 Å². The molecule has 0 heterocycles. The first-order chi connectivity index (χ1) is 2.83. The van der Waals surface area contributed by atoms with Crippen LogP contribution in [0.5, 0.6) is 0 Å². The molecule has 0 aliphatic heterocycles. The summed E-state index contributed by atoms with van der Waals surface area (Å²) < 4.78 is 0. The first-order valence-electron chi connectivity index (χ1n) is 0.478. The molecule has 0 atom stereocenters. The van der Waals surface area contributed by atoms with Gasteiger partial charge >= 0.3 is 70.6 Å². The zero-order valence-electron chi connectivity index (χ0n) is 2.64. The SMILES string of the molecule is O.[Cl][Pt][Cl].[Cl][Pt][Cl]. The normalized spacial score (nSPS) is 6.29. The quantitative estimate of drug-likeness (QED) is 0.442. The fourth-order valence-corrected chi connectivity index (χ4v) is 0. The van der Waals surface area contributed by atoms with Gasteiger partial charge in [0.1, 0.15) is 0 Å². The Morgan fingerprint density at radius 2 is 0.714 bits per heavy atom. The summed E-state index contributed by atoms with van der Waals surface area (Å²) in [5, 5.41) is 0. The van der Waals surface area contributed by atoms with Crippen molar-refractivity contribution in [3.8, 4) is 0 Å². The molecule has 0 fully saturated rings. The Labute approximate surface area is 75.1 Å². The first-order valence-corrected chi connectivity index (χ1v) is 11.7. The van der Waals surface area contributed by atoms with Gasteiger partial charge in [0.25, 0.3) is 0 Å². The van der Waals surface area contributed by atoms with E-state index in [1.165, 1.54) is 0 Å². The van der Waals surface area contributed by atoms with E-state index in [2.05, 4.69) is 0 Å². The second kappa shape index (κ2) is 23.6. The van der Waals surface area contributed by atoms with Crippen LogP contribution < -0.4 is 0 Å². The molecule has 56 valence electrons. The Kier molecular flexibility index (Phi) is 54.8. The van der Waals surface area contributed by atoms with Gasteiger partial charge in [0, 0.05) is 0 Å². The summed E-state index contributed by atoms with van der Waals surface area (Å²) in [6.45, 7) is 0. The van der Waals surface area contributed by atoms with Gasteiger partial charge in [-0.2, -0.15) is 0 Å². The van der Waals surface area contributed by atoms with Crippen molar-refractivity contribution in [2.75, 3.05) is 0 Å². The van der Waals surface area contributed by atoms with E-state index in [-0.39, 0.29) is 5.48 Å². The molecule has 0 aliphatic rings. The van der Waals surface area contributed by atoms with Crippen LogP contribution in [0.3, 0.4) is 0 Å². The van der Waals surface area contributed by atoms with Crippen LogP contribution in [-0.4, -0.2) is 5.48 Å². The van der Waals surface area contributed by atoms with E-state index in [9.17, 15) is 0 Å². The van der Waals surface area contributed by atoms with Gasteiger partial charge < -0.3 is 5.48 Å². The zero-order chi connectivity index (χ0) is 5.41. The van der Waals surface area contributed by atoms with Gasteiger partial charge in [0.05, 0.1) is 0 Å². The molecule has 0 amide bonds. The molecule has 0 spiro atoms. The van der Waals surface area contributed by atoms with Crippen LogP contribution in [0.25, 0.3) is 0 Å². The van der Waals surface area contributed by atoms with Crippen LogP contribution in [0, 0.1) is 0 Å². The summed E-state index contributed by atoms with van der Waals surface area (Å²) in [4.78, 5) is 0. The van der Waals surface area contributed by atoms with Crippen LogP contribution >= 0.6 is 37.7 Å². The second-order valence-corrected chi connectivity index (χ2v) is 6.66. The molecular formula is H2Cl4OPt2. The average Bonchev–Trinajstić information content (AvgIpc) is 1.39. The molecule has 0 saturated heterocycles. The monoisotopic (exact) mass is 548 g/mol. The van der Waals surface area contributed by atoms with Crippen molar-refractivity contribution >= 4 is 37.7 Å². The summed E-state index contributed by atoms with van der Waals surface area (Å²) in [5.41, 5.74) is 0. The molecule has 7 heteroatoms. The third kappa shape index (κ3) is 57.5. The van der Waals surface area contributed by atoms with Crippen LogP contribution in [0.2, 0.25) is 0 Å². The second-order valence-electron chi connectivity index (χ2n) is 0.0904. The van der Waals surface area contributed by atoms with Crippen LogP contribution in [0.1, 0.15) is 0 Å². The molecule has 0 aromatic rings. The van der Waals surface area contributed by atoms with E-state index >= 15 is 0 Å². The number of hydrogen-bond donors (Lipinski definition) is 0. The maximum atomic E-state index is 4.88. The number of halogens is 4. The number of hydrogen-bond acceptors (Lipinski definition) is 0. The van der Waals surface area contributed by atoms with Crippen molar-refractivity contribution in [1.82, 2.24) is 0 Å². The molecule has 0 unspecified atom stereocenters. The van der Waals surface area contributed by atoms with Gasteiger partial charge in [0.15, 0.2) is 0 Å². The van der Waals surface area contributed by atoms with Crippen LogP contribution in [0.4, 0.5) is 0 Å². The standard InChI is InChI=1S/4ClH.H2O.2Pt/h4*1H;1H2;;/q;;;;;2*+2/p-4. The van der Waals surface area contributed by atoms with Crippen molar-refractivity contribution in [3.05, 3.63) is 0 Å². The number of rotatable bonds is 0. The minimum atomic E-state index is -0.472. The molecular weight excluding hydrogens is 548 g/mol. The molecule has 0 rings (SSSR count). The summed E-state index contributed by atoms with van der Waals surface area (Å²) in [7, 11) is 19.5. The fourth-order valence-electron chi connectivity index (χ4n) is 0. The Morgan fingerprint density at radius 3 is 0.714 bits per heavy atom. The molecule has 2 N–H and O–H groups in total. The summed E-state index contributed by atoms with van der Waals surface area (Å²) in [5.74, 6) is 0. The molecule has 0 aromatic carbocycles. The predicted molar refractivity (Wildman–Crippen MR) is 27.0 cm³/mol. The molecule has 0 radical (unpaired) electrons. The van der Waals surface area contributed by atoms with E-state index < -0.39 is 33.0 Å². The Balaban J connectivity index is -0.0000000400. The maximum absolute atomic E-state index is 4.88. The van der Waals surface area contributed by atoms with Gasteiger partial charge in [-0.15, -0.1) is 0 Å². The van der Waals surface area contributed by atoms with E-state index in [1.54, 1.807) is 0 Å². The van der Waals surface area contributed by atoms with Gasteiger partial charge in [-0.3, -0.25) is 0 Å². The van der Waals surface area contributed by atoms with Crippen molar-refractivity contribution in [2.45, 2.75) is 0 Å². The molecule has 0 aromatic heterocycles. The first kappa shape index (κ1) is 16.2. The summed E-state index contributed by atoms with van der Waals surface area (Å²) in [6.07, 6.45) is 0. The molecule has 0 aliphatic carbocycles. The average molecular weight is 550 g/mol. The van der Waals surface area contributed by atoms with Crippen molar-refractivity contribution in [3.63, 3.8) is 0 Å². The summed E-state index contributed by atoms with van der Waals surface area (Å²) in [6, 6.07) is 0. The van der Waals surface area contributed by atoms with E-state index in [0.717, 1.165) is 0 Å². The van der Waals surface area contributed by atoms with Gasteiger partial charge in [0.2, 0.25) is 0 Å². The molecule has 0 saturated carbocycles. The molecule has 0 bridgehead atoms. The van der Waals surface area contributed by atoms with E-state index in [0.29, 0.717) is 0 Å². The summed E-state index contributed by atoms with van der Waals surface area (Å²) >= 11 is -0.944. The fraction of sp³-hybridized carbons (Fsp3) is 0. The third-order valence-electron chi connectivity index (χ3n) is 0. The predicted octanol–water partition coefficient (Wildman–Crippen LogP) is 1.93. The third-order valence-corrected chi connectivity index (χ3v) is 0. The topological polar surface area (TPSA) is 31.5 Å². The van der Waals surface area contributed by atoms with E-state index in [4.69, 9.17) is 37.7 Å². The van der Waals surface area contributed by atoms with Crippen molar-refractivity contribution < 1.29 is 38.4 Å². The zero-order valence-corrected chi connectivity index (χ0v) is 10.2. The molecule has 7 heavy (non-hydrogen) atoms. The van der Waals surface area contributed by atoms with Crippen molar-refractivity contribution in [1.29, 1.82) is 0 Å².